The molecule has 118 valence electrons. The van der Waals surface area contributed by atoms with Crippen molar-refractivity contribution in [3.63, 3.8) is 0 Å². The van der Waals surface area contributed by atoms with E-state index in [1.807, 2.05) is 0 Å². The molecule has 0 saturated carbocycles. The van der Waals surface area contributed by atoms with E-state index in [0.29, 0.717) is 16.9 Å². The number of nitrogen functional groups attached to an aromatic ring is 1. The van der Waals surface area contributed by atoms with Crippen molar-refractivity contribution < 1.29 is 4.79 Å². The minimum Gasteiger partial charge on any atom is -0.397 e. The van der Waals surface area contributed by atoms with Gasteiger partial charge in [0, 0.05) is 6.04 Å². The summed E-state index contributed by atoms with van der Waals surface area (Å²) in [5.41, 5.74) is 13.0. The van der Waals surface area contributed by atoms with Gasteiger partial charge < -0.3 is 21.7 Å². The van der Waals surface area contributed by atoms with Gasteiger partial charge >= 0.3 is 0 Å². The standard InChI is InChI=1S/C16H28N4O/c1-4-20(5-2)11-7-8-12(3)19-15-13(16(18)21)9-6-10-14(15)17/h6,9-10,12,19H,4-5,7-8,11,17H2,1-3H3,(H2,18,21). The maximum atomic E-state index is 11.5. The molecule has 0 heterocycles. The first-order valence-electron chi connectivity index (χ1n) is 7.66. The molecule has 1 rings (SSSR count). The van der Waals surface area contributed by atoms with E-state index in [0.717, 1.165) is 32.5 Å². The summed E-state index contributed by atoms with van der Waals surface area (Å²) < 4.78 is 0. The summed E-state index contributed by atoms with van der Waals surface area (Å²) in [7, 11) is 0. The highest BCUT2D eigenvalue weighted by Crippen LogP contribution is 2.24. The fourth-order valence-electron chi connectivity index (χ4n) is 2.42. The Balaban J connectivity index is 2.59. The molecule has 1 aromatic carbocycles. The van der Waals surface area contributed by atoms with Crippen LogP contribution in [0.25, 0.3) is 0 Å². The Kier molecular flexibility index (Phi) is 7.02. The second-order valence-electron chi connectivity index (χ2n) is 5.35. The van der Waals surface area contributed by atoms with Crippen LogP contribution in [0.5, 0.6) is 0 Å². The molecule has 0 aliphatic carbocycles. The molecule has 1 atom stereocenters. The Labute approximate surface area is 127 Å². The van der Waals surface area contributed by atoms with Crippen molar-refractivity contribution in [3.05, 3.63) is 23.8 Å². The average Bonchev–Trinajstić information content (AvgIpc) is 2.45. The lowest BCUT2D eigenvalue weighted by molar-refractivity contribution is 0.100. The number of carbonyl (C=O) groups excluding carboxylic acids is 1. The molecule has 1 aromatic rings. The van der Waals surface area contributed by atoms with E-state index in [1.54, 1.807) is 18.2 Å². The van der Waals surface area contributed by atoms with Gasteiger partial charge in [-0.3, -0.25) is 4.79 Å². The Bertz CT molecular complexity index is 458. The summed E-state index contributed by atoms with van der Waals surface area (Å²) >= 11 is 0. The van der Waals surface area contributed by atoms with Crippen molar-refractivity contribution in [2.45, 2.75) is 39.7 Å². The Morgan fingerprint density at radius 2 is 2.00 bits per heavy atom. The molecule has 1 amide bonds. The zero-order valence-corrected chi connectivity index (χ0v) is 13.4. The second kappa shape index (κ2) is 8.52. The van der Waals surface area contributed by atoms with Gasteiger partial charge in [0.15, 0.2) is 0 Å². The number of nitrogens with two attached hydrogens (primary N) is 2. The van der Waals surface area contributed by atoms with Crippen LogP contribution in [0.4, 0.5) is 11.4 Å². The summed E-state index contributed by atoms with van der Waals surface area (Å²) in [4.78, 5) is 13.9. The normalized spacial score (nSPS) is 12.4. The summed E-state index contributed by atoms with van der Waals surface area (Å²) in [5.74, 6) is -0.458. The first-order chi connectivity index (χ1) is 9.99. The number of hydrogen-bond acceptors (Lipinski definition) is 4. The predicted molar refractivity (Wildman–Crippen MR) is 89.5 cm³/mol. The Hall–Kier alpha value is -1.75. The molecule has 0 aromatic heterocycles. The maximum Gasteiger partial charge on any atom is 0.250 e. The molecule has 0 radical (unpaired) electrons. The molecular weight excluding hydrogens is 264 g/mol. The van der Waals surface area contributed by atoms with E-state index in [4.69, 9.17) is 11.5 Å². The average molecular weight is 292 g/mol. The lowest BCUT2D eigenvalue weighted by Gasteiger charge is -2.21. The topological polar surface area (TPSA) is 84.4 Å². The molecule has 0 saturated heterocycles. The van der Waals surface area contributed by atoms with Crippen LogP contribution >= 0.6 is 0 Å². The molecular formula is C16H28N4O. The molecule has 0 spiro atoms. The maximum absolute atomic E-state index is 11.5. The minimum atomic E-state index is -0.458. The molecule has 21 heavy (non-hydrogen) atoms. The van der Waals surface area contributed by atoms with Crippen molar-refractivity contribution in [2.75, 3.05) is 30.7 Å². The van der Waals surface area contributed by atoms with Crippen LogP contribution in [-0.2, 0) is 0 Å². The molecule has 0 fully saturated rings. The van der Waals surface area contributed by atoms with Crippen molar-refractivity contribution in [1.82, 2.24) is 4.90 Å². The number of nitrogens with one attached hydrogen (secondary N) is 1. The van der Waals surface area contributed by atoms with Crippen LogP contribution in [-0.4, -0.2) is 36.5 Å². The molecule has 0 aliphatic heterocycles. The number of para-hydroxylation sites is 1. The van der Waals surface area contributed by atoms with Gasteiger partial charge in [-0.15, -0.1) is 0 Å². The Morgan fingerprint density at radius 1 is 1.33 bits per heavy atom. The van der Waals surface area contributed by atoms with Gasteiger partial charge in [0.1, 0.15) is 0 Å². The number of amides is 1. The molecule has 0 aliphatic rings. The number of rotatable bonds is 9. The lowest BCUT2D eigenvalue weighted by atomic mass is 10.1. The van der Waals surface area contributed by atoms with Gasteiger partial charge in [-0.2, -0.15) is 0 Å². The third-order valence-electron chi connectivity index (χ3n) is 3.76. The van der Waals surface area contributed by atoms with E-state index >= 15 is 0 Å². The smallest absolute Gasteiger partial charge is 0.250 e. The highest BCUT2D eigenvalue weighted by atomic mass is 16.1. The van der Waals surface area contributed by atoms with E-state index in [2.05, 4.69) is 31.0 Å². The summed E-state index contributed by atoms with van der Waals surface area (Å²) in [6.45, 7) is 9.70. The van der Waals surface area contributed by atoms with Crippen molar-refractivity contribution in [1.29, 1.82) is 0 Å². The quantitative estimate of drug-likeness (QED) is 0.610. The van der Waals surface area contributed by atoms with Gasteiger partial charge in [0.2, 0.25) is 0 Å². The van der Waals surface area contributed by atoms with Gasteiger partial charge in [-0.05, 0) is 51.5 Å². The minimum absolute atomic E-state index is 0.239. The van der Waals surface area contributed by atoms with Crippen LogP contribution in [0.3, 0.4) is 0 Å². The number of primary amides is 1. The summed E-state index contributed by atoms with van der Waals surface area (Å²) in [5, 5.41) is 3.33. The SMILES string of the molecule is CCN(CC)CCCC(C)Nc1c(N)cccc1C(N)=O. The van der Waals surface area contributed by atoms with E-state index in [9.17, 15) is 4.79 Å². The van der Waals surface area contributed by atoms with Gasteiger partial charge in [0.05, 0.1) is 16.9 Å². The zero-order valence-electron chi connectivity index (χ0n) is 13.4. The van der Waals surface area contributed by atoms with E-state index in [1.165, 1.54) is 0 Å². The molecule has 5 nitrogen and oxygen atoms in total. The number of anilines is 2. The summed E-state index contributed by atoms with van der Waals surface area (Å²) in [6, 6.07) is 5.45. The predicted octanol–water partition coefficient (Wildman–Crippen LogP) is 2.29. The highest BCUT2D eigenvalue weighted by Gasteiger charge is 2.13. The molecule has 1 unspecified atom stereocenters. The monoisotopic (exact) mass is 292 g/mol. The van der Waals surface area contributed by atoms with Crippen molar-refractivity contribution >= 4 is 17.3 Å². The fourth-order valence-corrected chi connectivity index (χ4v) is 2.42. The lowest BCUT2D eigenvalue weighted by Crippen LogP contribution is -2.26. The van der Waals surface area contributed by atoms with Crippen molar-refractivity contribution in [3.8, 4) is 0 Å². The van der Waals surface area contributed by atoms with Crippen LogP contribution in [0.2, 0.25) is 0 Å². The van der Waals surface area contributed by atoms with Crippen LogP contribution in [0.15, 0.2) is 18.2 Å². The number of nitrogens with zero attached hydrogens (tertiary/aromatic N) is 1. The molecule has 0 bridgehead atoms. The van der Waals surface area contributed by atoms with Gasteiger partial charge in [-0.25, -0.2) is 0 Å². The summed E-state index contributed by atoms with van der Waals surface area (Å²) in [6.07, 6.45) is 2.12. The number of benzene rings is 1. The highest BCUT2D eigenvalue weighted by molar-refractivity contribution is 6.01. The van der Waals surface area contributed by atoms with Crippen LogP contribution < -0.4 is 16.8 Å². The van der Waals surface area contributed by atoms with Crippen LogP contribution in [0, 0.1) is 0 Å². The van der Waals surface area contributed by atoms with Crippen LogP contribution in [0.1, 0.15) is 44.0 Å². The Morgan fingerprint density at radius 3 is 2.57 bits per heavy atom. The molecule has 5 heteroatoms. The van der Waals surface area contributed by atoms with Gasteiger partial charge in [0.25, 0.3) is 5.91 Å². The second-order valence-corrected chi connectivity index (χ2v) is 5.35. The number of carbonyl (C=O) groups is 1. The first kappa shape index (κ1) is 17.3. The fraction of sp³-hybridized carbons (Fsp3) is 0.562. The van der Waals surface area contributed by atoms with Crippen molar-refractivity contribution in [2.24, 2.45) is 5.73 Å². The largest absolute Gasteiger partial charge is 0.397 e. The number of hydrogen-bond donors (Lipinski definition) is 3. The third-order valence-corrected chi connectivity index (χ3v) is 3.76. The van der Waals surface area contributed by atoms with E-state index < -0.39 is 5.91 Å². The van der Waals surface area contributed by atoms with Gasteiger partial charge in [-0.1, -0.05) is 19.9 Å². The molecule has 5 N–H and O–H groups in total. The first-order valence-corrected chi connectivity index (χ1v) is 7.66. The van der Waals surface area contributed by atoms with E-state index in [-0.39, 0.29) is 6.04 Å². The third kappa shape index (κ3) is 5.27. The zero-order chi connectivity index (χ0) is 15.8.